The second kappa shape index (κ2) is 6.07. The Morgan fingerprint density at radius 3 is 3.09 bits per heavy atom. The van der Waals surface area contributed by atoms with E-state index in [1.54, 1.807) is 19.4 Å². The van der Waals surface area contributed by atoms with Crippen LogP contribution in [0.25, 0.3) is 5.52 Å². The molecule has 0 saturated heterocycles. The highest BCUT2D eigenvalue weighted by molar-refractivity contribution is 5.98. The van der Waals surface area contributed by atoms with Gasteiger partial charge in [-0.1, -0.05) is 5.21 Å². The van der Waals surface area contributed by atoms with Crippen molar-refractivity contribution in [3.63, 3.8) is 0 Å². The molecule has 3 aromatic heterocycles. The van der Waals surface area contributed by atoms with Crippen LogP contribution >= 0.6 is 0 Å². The minimum atomic E-state index is -0.415. The van der Waals surface area contributed by atoms with Crippen molar-refractivity contribution in [2.45, 2.75) is 32.7 Å². The standard InChI is InChI=1S/C15H17N5O3/c1-9(5-6-11-4-3-7-23-11)16-14(21)12-13-15(22)17-10(2)8-20(13)19-18-12/h3-4,7-9H,5-6H2,1-2H3,(H,16,21)(H,17,22)/t9-/m1/s1. The highest BCUT2D eigenvalue weighted by Gasteiger charge is 2.19. The molecule has 0 aliphatic heterocycles. The molecule has 8 nitrogen and oxygen atoms in total. The average Bonchev–Trinajstić information content (AvgIpc) is 3.13. The van der Waals surface area contributed by atoms with Gasteiger partial charge in [0.25, 0.3) is 11.5 Å². The van der Waals surface area contributed by atoms with Gasteiger partial charge in [-0.15, -0.1) is 5.10 Å². The molecular formula is C15H17N5O3. The van der Waals surface area contributed by atoms with E-state index in [1.807, 2.05) is 19.1 Å². The number of aryl methyl sites for hydroxylation is 2. The molecule has 0 aliphatic carbocycles. The zero-order valence-corrected chi connectivity index (χ0v) is 12.9. The Labute approximate surface area is 131 Å². The van der Waals surface area contributed by atoms with Crippen molar-refractivity contribution in [2.75, 3.05) is 0 Å². The maximum atomic E-state index is 12.3. The van der Waals surface area contributed by atoms with E-state index in [1.165, 1.54) is 4.52 Å². The Morgan fingerprint density at radius 1 is 1.52 bits per heavy atom. The van der Waals surface area contributed by atoms with Crippen molar-refractivity contribution >= 4 is 11.4 Å². The highest BCUT2D eigenvalue weighted by atomic mass is 16.3. The van der Waals surface area contributed by atoms with Crippen LogP contribution in [-0.2, 0) is 6.42 Å². The summed E-state index contributed by atoms with van der Waals surface area (Å²) in [5, 5.41) is 10.5. The fraction of sp³-hybridized carbons (Fsp3) is 0.333. The van der Waals surface area contributed by atoms with Gasteiger partial charge in [-0.25, -0.2) is 4.52 Å². The Balaban J connectivity index is 1.72. The summed E-state index contributed by atoms with van der Waals surface area (Å²) >= 11 is 0. The summed E-state index contributed by atoms with van der Waals surface area (Å²) < 4.78 is 6.58. The van der Waals surface area contributed by atoms with Crippen LogP contribution in [0.15, 0.2) is 33.8 Å². The first-order valence-electron chi connectivity index (χ1n) is 7.33. The summed E-state index contributed by atoms with van der Waals surface area (Å²) in [5.41, 5.74) is 0.428. The number of carbonyl (C=O) groups is 1. The van der Waals surface area contributed by atoms with Crippen molar-refractivity contribution in [1.82, 2.24) is 25.1 Å². The van der Waals surface area contributed by atoms with Crippen LogP contribution in [0.2, 0.25) is 0 Å². The summed E-state index contributed by atoms with van der Waals surface area (Å²) in [6, 6.07) is 3.63. The monoisotopic (exact) mass is 315 g/mol. The third-order valence-corrected chi connectivity index (χ3v) is 3.53. The zero-order chi connectivity index (χ0) is 16.4. The predicted molar refractivity (Wildman–Crippen MR) is 82.3 cm³/mol. The molecule has 1 amide bonds. The second-order valence-corrected chi connectivity index (χ2v) is 5.49. The van der Waals surface area contributed by atoms with Gasteiger partial charge < -0.3 is 14.7 Å². The fourth-order valence-corrected chi connectivity index (χ4v) is 2.38. The first-order chi connectivity index (χ1) is 11.0. The molecule has 120 valence electrons. The normalized spacial score (nSPS) is 12.4. The molecule has 3 rings (SSSR count). The van der Waals surface area contributed by atoms with Gasteiger partial charge in [0.05, 0.1) is 12.5 Å². The number of carbonyl (C=O) groups excluding carboxylic acids is 1. The number of rotatable bonds is 5. The van der Waals surface area contributed by atoms with Gasteiger partial charge in [-0.2, -0.15) is 0 Å². The Bertz CT molecular complexity index is 878. The molecule has 0 fully saturated rings. The third kappa shape index (κ3) is 3.15. The Morgan fingerprint density at radius 2 is 2.35 bits per heavy atom. The fourth-order valence-electron chi connectivity index (χ4n) is 2.38. The molecule has 0 radical (unpaired) electrons. The lowest BCUT2D eigenvalue weighted by molar-refractivity contribution is 0.0934. The number of amides is 1. The summed E-state index contributed by atoms with van der Waals surface area (Å²) in [6.45, 7) is 3.62. The van der Waals surface area contributed by atoms with Crippen LogP contribution in [0, 0.1) is 6.92 Å². The zero-order valence-electron chi connectivity index (χ0n) is 12.9. The summed E-state index contributed by atoms with van der Waals surface area (Å²) in [6.07, 6.45) is 4.67. The number of aromatic nitrogens is 4. The first kappa shape index (κ1) is 15.0. The van der Waals surface area contributed by atoms with Crippen LogP contribution in [0.1, 0.15) is 35.3 Å². The van der Waals surface area contributed by atoms with Gasteiger partial charge in [-0.05, 0) is 32.4 Å². The molecule has 0 aromatic carbocycles. The van der Waals surface area contributed by atoms with Gasteiger partial charge in [0, 0.05) is 18.2 Å². The molecular weight excluding hydrogens is 298 g/mol. The topological polar surface area (TPSA) is 105 Å². The first-order valence-corrected chi connectivity index (χ1v) is 7.33. The van der Waals surface area contributed by atoms with E-state index in [0.717, 1.165) is 12.2 Å². The van der Waals surface area contributed by atoms with E-state index >= 15 is 0 Å². The summed E-state index contributed by atoms with van der Waals surface area (Å²) in [7, 11) is 0. The molecule has 1 atom stereocenters. The van der Waals surface area contributed by atoms with Crippen LogP contribution in [-0.4, -0.2) is 31.8 Å². The lowest BCUT2D eigenvalue weighted by atomic mass is 10.1. The molecule has 3 heterocycles. The number of hydrogen-bond donors (Lipinski definition) is 2. The molecule has 0 bridgehead atoms. The van der Waals surface area contributed by atoms with E-state index in [4.69, 9.17) is 4.42 Å². The molecule has 3 aromatic rings. The molecule has 2 N–H and O–H groups in total. The molecule has 0 spiro atoms. The van der Waals surface area contributed by atoms with Crippen molar-refractivity contribution in [2.24, 2.45) is 0 Å². The van der Waals surface area contributed by atoms with Crippen molar-refractivity contribution < 1.29 is 9.21 Å². The lowest BCUT2D eigenvalue weighted by Gasteiger charge is -2.11. The molecule has 8 heteroatoms. The Hall–Kier alpha value is -2.90. The van der Waals surface area contributed by atoms with Crippen LogP contribution in [0.4, 0.5) is 0 Å². The largest absolute Gasteiger partial charge is 0.469 e. The maximum Gasteiger partial charge on any atom is 0.276 e. The van der Waals surface area contributed by atoms with E-state index in [2.05, 4.69) is 20.6 Å². The molecule has 0 unspecified atom stereocenters. The summed E-state index contributed by atoms with van der Waals surface area (Å²) in [4.78, 5) is 27.0. The van der Waals surface area contributed by atoms with Crippen LogP contribution in [0.3, 0.4) is 0 Å². The number of fused-ring (bicyclic) bond motifs is 1. The minimum Gasteiger partial charge on any atom is -0.469 e. The van der Waals surface area contributed by atoms with E-state index < -0.39 is 5.91 Å². The van der Waals surface area contributed by atoms with E-state index in [-0.39, 0.29) is 22.8 Å². The number of nitrogens with zero attached hydrogens (tertiary/aromatic N) is 3. The quantitative estimate of drug-likeness (QED) is 0.732. The van der Waals surface area contributed by atoms with Gasteiger partial charge in [0.15, 0.2) is 11.2 Å². The average molecular weight is 315 g/mol. The van der Waals surface area contributed by atoms with Gasteiger partial charge in [0.2, 0.25) is 0 Å². The number of H-pyrrole nitrogens is 1. The predicted octanol–water partition coefficient (Wildman–Crippen LogP) is 1.07. The van der Waals surface area contributed by atoms with Crippen LogP contribution < -0.4 is 10.9 Å². The number of hydrogen-bond acceptors (Lipinski definition) is 5. The molecule has 0 saturated carbocycles. The number of furan rings is 1. The lowest BCUT2D eigenvalue weighted by Crippen LogP contribution is -2.33. The maximum absolute atomic E-state index is 12.3. The third-order valence-electron chi connectivity index (χ3n) is 3.53. The van der Waals surface area contributed by atoms with E-state index in [9.17, 15) is 9.59 Å². The SMILES string of the molecule is Cc1cn2nnc(C(=O)N[C@H](C)CCc3ccco3)c2c(=O)[nH]1. The van der Waals surface area contributed by atoms with Crippen LogP contribution in [0.5, 0.6) is 0 Å². The number of aromatic amines is 1. The van der Waals surface area contributed by atoms with Crippen molar-refractivity contribution in [3.8, 4) is 0 Å². The second-order valence-electron chi connectivity index (χ2n) is 5.49. The summed E-state index contributed by atoms with van der Waals surface area (Å²) in [5.74, 6) is 0.452. The molecule has 0 aliphatic rings. The van der Waals surface area contributed by atoms with Gasteiger partial charge in [-0.3, -0.25) is 9.59 Å². The Kier molecular flexibility index (Phi) is 3.96. The van der Waals surface area contributed by atoms with Crippen molar-refractivity contribution in [1.29, 1.82) is 0 Å². The minimum absolute atomic E-state index is 0.0242. The van der Waals surface area contributed by atoms with Gasteiger partial charge in [0.1, 0.15) is 5.76 Å². The molecule has 23 heavy (non-hydrogen) atoms. The van der Waals surface area contributed by atoms with Gasteiger partial charge >= 0.3 is 0 Å². The highest BCUT2D eigenvalue weighted by Crippen LogP contribution is 2.07. The number of nitrogens with one attached hydrogen (secondary N) is 2. The smallest absolute Gasteiger partial charge is 0.276 e. The van der Waals surface area contributed by atoms with E-state index in [0.29, 0.717) is 12.1 Å². The van der Waals surface area contributed by atoms with Crippen molar-refractivity contribution in [3.05, 3.63) is 52.1 Å².